The summed E-state index contributed by atoms with van der Waals surface area (Å²) in [6, 6.07) is 1.75. The first kappa shape index (κ1) is 19.3. The van der Waals surface area contributed by atoms with Crippen LogP contribution in [0.3, 0.4) is 0 Å². The van der Waals surface area contributed by atoms with Crippen LogP contribution >= 0.6 is 11.3 Å². The molecule has 1 aliphatic heterocycles. The minimum atomic E-state index is -0.0265. The molecule has 0 bridgehead atoms. The summed E-state index contributed by atoms with van der Waals surface area (Å²) in [5.74, 6) is 0.479. The van der Waals surface area contributed by atoms with Crippen molar-refractivity contribution in [2.24, 2.45) is 0 Å². The number of nitrogen functional groups attached to an aromatic ring is 1. The molecule has 1 aliphatic rings. The molecular weight excluding hydrogens is 364 g/mol. The van der Waals surface area contributed by atoms with Gasteiger partial charge in [0.05, 0.1) is 16.4 Å². The summed E-state index contributed by atoms with van der Waals surface area (Å²) < 4.78 is 1.53. The SMILES string of the molecule is CCc1nc(C)c(C(=O)N2CCCN(C(=O)Cn3nc(C)cc3N)CC2)s1. The van der Waals surface area contributed by atoms with Gasteiger partial charge in [-0.25, -0.2) is 9.67 Å². The fourth-order valence-electron chi connectivity index (χ4n) is 3.24. The van der Waals surface area contributed by atoms with E-state index in [1.807, 2.05) is 25.7 Å². The second kappa shape index (κ2) is 8.08. The summed E-state index contributed by atoms with van der Waals surface area (Å²) in [7, 11) is 0. The normalized spacial score (nSPS) is 15.1. The molecule has 0 aliphatic carbocycles. The zero-order valence-corrected chi connectivity index (χ0v) is 16.9. The van der Waals surface area contributed by atoms with E-state index in [2.05, 4.69) is 10.1 Å². The van der Waals surface area contributed by atoms with E-state index in [0.29, 0.717) is 36.9 Å². The minimum Gasteiger partial charge on any atom is -0.384 e. The van der Waals surface area contributed by atoms with Crippen LogP contribution in [0.5, 0.6) is 0 Å². The van der Waals surface area contributed by atoms with Crippen molar-refractivity contribution in [1.82, 2.24) is 24.6 Å². The van der Waals surface area contributed by atoms with Gasteiger partial charge in [0.2, 0.25) is 5.91 Å². The van der Waals surface area contributed by atoms with Gasteiger partial charge >= 0.3 is 0 Å². The lowest BCUT2D eigenvalue weighted by Crippen LogP contribution is -2.38. The number of amides is 2. The quantitative estimate of drug-likeness (QED) is 0.853. The van der Waals surface area contributed by atoms with E-state index in [-0.39, 0.29) is 18.4 Å². The molecule has 0 aromatic carbocycles. The molecule has 9 heteroatoms. The maximum absolute atomic E-state index is 12.9. The molecule has 0 atom stereocenters. The van der Waals surface area contributed by atoms with Gasteiger partial charge in [0, 0.05) is 32.2 Å². The van der Waals surface area contributed by atoms with Crippen molar-refractivity contribution in [3.63, 3.8) is 0 Å². The Morgan fingerprint density at radius 1 is 1.19 bits per heavy atom. The second-order valence-corrected chi connectivity index (χ2v) is 7.85. The van der Waals surface area contributed by atoms with Crippen molar-refractivity contribution in [2.45, 2.75) is 40.2 Å². The fraction of sp³-hybridized carbons (Fsp3) is 0.556. The summed E-state index contributed by atoms with van der Waals surface area (Å²) >= 11 is 1.47. The zero-order chi connectivity index (χ0) is 19.6. The summed E-state index contributed by atoms with van der Waals surface area (Å²) in [4.78, 5) is 34.3. The highest BCUT2D eigenvalue weighted by molar-refractivity contribution is 7.13. The lowest BCUT2D eigenvalue weighted by atomic mass is 10.3. The Morgan fingerprint density at radius 3 is 2.52 bits per heavy atom. The lowest BCUT2D eigenvalue weighted by molar-refractivity contribution is -0.131. The highest BCUT2D eigenvalue weighted by atomic mass is 32.1. The van der Waals surface area contributed by atoms with Gasteiger partial charge in [-0.3, -0.25) is 9.59 Å². The average Bonchev–Trinajstić information content (AvgIpc) is 3.04. The van der Waals surface area contributed by atoms with Crippen molar-refractivity contribution in [2.75, 3.05) is 31.9 Å². The van der Waals surface area contributed by atoms with Crippen molar-refractivity contribution >= 4 is 29.0 Å². The van der Waals surface area contributed by atoms with Gasteiger partial charge in [-0.2, -0.15) is 5.10 Å². The third-order valence-electron chi connectivity index (χ3n) is 4.69. The molecule has 3 heterocycles. The number of hydrogen-bond donors (Lipinski definition) is 1. The fourth-order valence-corrected chi connectivity index (χ4v) is 4.21. The van der Waals surface area contributed by atoms with E-state index in [1.54, 1.807) is 11.0 Å². The monoisotopic (exact) mass is 390 g/mol. The largest absolute Gasteiger partial charge is 0.384 e. The molecule has 2 N–H and O–H groups in total. The predicted molar refractivity (Wildman–Crippen MR) is 105 cm³/mol. The topological polar surface area (TPSA) is 97.4 Å². The Morgan fingerprint density at radius 2 is 1.89 bits per heavy atom. The second-order valence-electron chi connectivity index (χ2n) is 6.77. The van der Waals surface area contributed by atoms with Crippen LogP contribution in [-0.2, 0) is 17.8 Å². The molecule has 8 nitrogen and oxygen atoms in total. The molecule has 0 unspecified atom stereocenters. The third kappa shape index (κ3) is 4.29. The number of nitrogens with zero attached hydrogens (tertiary/aromatic N) is 5. The third-order valence-corrected chi connectivity index (χ3v) is 5.98. The summed E-state index contributed by atoms with van der Waals surface area (Å²) in [5.41, 5.74) is 7.46. The minimum absolute atomic E-state index is 0.0194. The zero-order valence-electron chi connectivity index (χ0n) is 16.1. The number of aryl methyl sites for hydroxylation is 3. The van der Waals surface area contributed by atoms with Crippen LogP contribution in [0.4, 0.5) is 5.82 Å². The van der Waals surface area contributed by atoms with E-state index in [9.17, 15) is 9.59 Å². The molecule has 3 rings (SSSR count). The van der Waals surface area contributed by atoms with Gasteiger partial charge in [0.1, 0.15) is 17.2 Å². The molecule has 0 spiro atoms. The molecule has 27 heavy (non-hydrogen) atoms. The number of hydrogen-bond acceptors (Lipinski definition) is 6. The van der Waals surface area contributed by atoms with Gasteiger partial charge in [-0.05, 0) is 26.7 Å². The average molecular weight is 391 g/mol. The van der Waals surface area contributed by atoms with Crippen LogP contribution in [0.1, 0.15) is 39.4 Å². The highest BCUT2D eigenvalue weighted by Crippen LogP contribution is 2.21. The Labute approximate surface area is 163 Å². The first-order valence-electron chi connectivity index (χ1n) is 9.22. The Hall–Kier alpha value is -2.42. The Balaban J connectivity index is 1.62. The molecule has 0 radical (unpaired) electrons. The number of rotatable bonds is 4. The molecule has 0 saturated carbocycles. The Kier molecular flexibility index (Phi) is 5.79. The van der Waals surface area contributed by atoms with Crippen LogP contribution in [0.15, 0.2) is 6.07 Å². The first-order chi connectivity index (χ1) is 12.9. The molecular formula is C18H26N6O2S. The van der Waals surface area contributed by atoms with Crippen molar-refractivity contribution in [1.29, 1.82) is 0 Å². The van der Waals surface area contributed by atoms with Crippen molar-refractivity contribution in [3.8, 4) is 0 Å². The van der Waals surface area contributed by atoms with Gasteiger partial charge in [-0.1, -0.05) is 6.92 Å². The number of thiazole rings is 1. The predicted octanol–water partition coefficient (Wildman–Crippen LogP) is 1.48. The molecule has 146 valence electrons. The van der Waals surface area contributed by atoms with Gasteiger partial charge < -0.3 is 15.5 Å². The summed E-state index contributed by atoms with van der Waals surface area (Å²) in [6.07, 6.45) is 1.58. The number of carbonyl (C=O) groups excluding carboxylic acids is 2. The number of aromatic nitrogens is 3. The van der Waals surface area contributed by atoms with Gasteiger partial charge in [-0.15, -0.1) is 11.3 Å². The molecule has 2 amide bonds. The van der Waals surface area contributed by atoms with Gasteiger partial charge in [0.25, 0.3) is 5.91 Å². The first-order valence-corrected chi connectivity index (χ1v) is 10.0. The molecule has 1 fully saturated rings. The number of carbonyl (C=O) groups is 2. The van der Waals surface area contributed by atoms with Crippen molar-refractivity contribution in [3.05, 3.63) is 27.3 Å². The van der Waals surface area contributed by atoms with Crippen LogP contribution in [0.25, 0.3) is 0 Å². The van der Waals surface area contributed by atoms with Crippen LogP contribution in [0, 0.1) is 13.8 Å². The van der Waals surface area contributed by atoms with Crippen LogP contribution in [0.2, 0.25) is 0 Å². The van der Waals surface area contributed by atoms with E-state index in [4.69, 9.17) is 5.73 Å². The number of anilines is 1. The van der Waals surface area contributed by atoms with Crippen LogP contribution in [-0.4, -0.2) is 62.6 Å². The van der Waals surface area contributed by atoms with Crippen molar-refractivity contribution < 1.29 is 9.59 Å². The summed E-state index contributed by atoms with van der Waals surface area (Å²) in [5, 5.41) is 5.23. The molecule has 2 aromatic rings. The summed E-state index contributed by atoms with van der Waals surface area (Å²) in [6.45, 7) is 8.21. The maximum Gasteiger partial charge on any atom is 0.265 e. The molecule has 1 saturated heterocycles. The standard InChI is InChI=1S/C18H26N6O2S/c1-4-15-20-13(3)17(27-15)18(26)23-7-5-6-22(8-9-23)16(25)11-24-14(19)10-12(2)21-24/h10H,4-9,11,19H2,1-3H3. The number of nitrogens with two attached hydrogens (primary N) is 1. The Bertz CT molecular complexity index is 843. The highest BCUT2D eigenvalue weighted by Gasteiger charge is 2.25. The van der Waals surface area contributed by atoms with Crippen LogP contribution < -0.4 is 5.73 Å². The molecule has 2 aromatic heterocycles. The van der Waals surface area contributed by atoms with E-state index in [1.165, 1.54) is 16.0 Å². The van der Waals surface area contributed by atoms with E-state index < -0.39 is 0 Å². The maximum atomic E-state index is 12.9. The van der Waals surface area contributed by atoms with Gasteiger partial charge in [0.15, 0.2) is 0 Å². The lowest BCUT2D eigenvalue weighted by Gasteiger charge is -2.22. The smallest absolute Gasteiger partial charge is 0.265 e. The van der Waals surface area contributed by atoms with E-state index in [0.717, 1.165) is 29.2 Å². The van der Waals surface area contributed by atoms with E-state index >= 15 is 0 Å².